The van der Waals surface area contributed by atoms with E-state index in [1.165, 1.54) is 16.7 Å². The zero-order valence-electron chi connectivity index (χ0n) is 26.6. The van der Waals surface area contributed by atoms with Crippen LogP contribution in [0, 0.1) is 20.8 Å². The molecule has 0 spiro atoms. The molecule has 4 nitrogen and oxygen atoms in total. The molecule has 0 radical (unpaired) electrons. The van der Waals surface area contributed by atoms with Gasteiger partial charge in [-0.15, -0.1) is 0 Å². The summed E-state index contributed by atoms with van der Waals surface area (Å²) < 4.78 is 11.2. The molecule has 4 heteroatoms. The fourth-order valence-electron chi connectivity index (χ4n) is 6.55. The van der Waals surface area contributed by atoms with E-state index in [0.29, 0.717) is 5.89 Å². The highest BCUT2D eigenvalue weighted by molar-refractivity contribution is 5.94. The predicted molar refractivity (Wildman–Crippen MR) is 181 cm³/mol. The van der Waals surface area contributed by atoms with Crippen molar-refractivity contribution < 1.29 is 8.98 Å². The van der Waals surface area contributed by atoms with Crippen LogP contribution in [0.4, 0.5) is 0 Å². The molecule has 2 heterocycles. The van der Waals surface area contributed by atoms with Crippen LogP contribution in [0.2, 0.25) is 0 Å². The van der Waals surface area contributed by atoms with Crippen molar-refractivity contribution in [3.63, 3.8) is 0 Å². The highest BCUT2D eigenvalue weighted by atomic mass is 16.3. The number of nitrogens with zero attached hydrogens (tertiary/aromatic N) is 3. The third-order valence-corrected chi connectivity index (χ3v) is 8.85. The molecule has 0 fully saturated rings. The van der Waals surface area contributed by atoms with Gasteiger partial charge < -0.3 is 4.42 Å². The molecule has 0 aliphatic heterocycles. The average Bonchev–Trinajstić information content (AvgIpc) is 3.56. The molecular weight excluding hydrogens is 538 g/mol. The van der Waals surface area contributed by atoms with E-state index >= 15 is 0 Å². The van der Waals surface area contributed by atoms with Crippen LogP contribution in [0.15, 0.2) is 108 Å². The lowest BCUT2D eigenvalue weighted by Crippen LogP contribution is -2.30. The fraction of sp³-hybridized carbons (Fsp3) is 0.200. The monoisotopic (exact) mass is 576 g/mol. The van der Waals surface area contributed by atoms with Crippen molar-refractivity contribution in [1.82, 2.24) is 9.55 Å². The summed E-state index contributed by atoms with van der Waals surface area (Å²) in [5.41, 5.74) is 14.4. The molecule has 0 N–H and O–H groups in total. The van der Waals surface area contributed by atoms with E-state index in [-0.39, 0.29) is 5.41 Å². The van der Waals surface area contributed by atoms with Crippen molar-refractivity contribution in [2.75, 3.05) is 0 Å². The smallest absolute Gasteiger partial charge is 0.297 e. The second kappa shape index (κ2) is 10.3. The first-order valence-electron chi connectivity index (χ1n) is 15.3. The van der Waals surface area contributed by atoms with Gasteiger partial charge >= 0.3 is 0 Å². The molecule has 5 aromatic carbocycles. The summed E-state index contributed by atoms with van der Waals surface area (Å²) in [6.07, 6.45) is 0. The summed E-state index contributed by atoms with van der Waals surface area (Å²) in [4.78, 5) is 5.24. The topological polar surface area (TPSA) is 34.8 Å². The second-order valence-corrected chi connectivity index (χ2v) is 13.0. The number of para-hydroxylation sites is 2. The SMILES string of the molecule is Cc1cc(-c2ccccc2)cc(C)c1-c1nc2c(-c3n(-c4ccc(C(C)(C)C)cc4)c4ccccc4[n+]3C)c(C)ccc2o1. The third kappa shape index (κ3) is 4.53. The Morgan fingerprint density at radius 3 is 2.02 bits per heavy atom. The predicted octanol–water partition coefficient (Wildman–Crippen LogP) is 9.82. The first kappa shape index (κ1) is 27.8. The Hall–Kier alpha value is -4.96. The van der Waals surface area contributed by atoms with E-state index in [1.807, 2.05) is 0 Å². The minimum absolute atomic E-state index is 0.0830. The van der Waals surface area contributed by atoms with Gasteiger partial charge in [0.05, 0.1) is 12.6 Å². The van der Waals surface area contributed by atoms with Crippen LogP contribution >= 0.6 is 0 Å². The molecule has 7 rings (SSSR count). The Labute approximate surface area is 259 Å². The Kier molecular flexibility index (Phi) is 6.55. The molecule has 0 bridgehead atoms. The number of rotatable bonds is 4. The van der Waals surface area contributed by atoms with Crippen molar-refractivity contribution >= 4 is 22.1 Å². The van der Waals surface area contributed by atoms with Crippen molar-refractivity contribution in [2.45, 2.75) is 47.0 Å². The summed E-state index contributed by atoms with van der Waals surface area (Å²) in [6, 6.07) is 36.8. The van der Waals surface area contributed by atoms with Gasteiger partial charge in [0, 0.05) is 5.56 Å². The van der Waals surface area contributed by atoms with Crippen LogP contribution in [0.5, 0.6) is 0 Å². The molecule has 2 aromatic heterocycles. The second-order valence-electron chi connectivity index (χ2n) is 13.0. The number of hydrogen-bond acceptors (Lipinski definition) is 2. The first-order chi connectivity index (χ1) is 21.1. The van der Waals surface area contributed by atoms with Gasteiger partial charge in [-0.25, -0.2) is 9.55 Å². The van der Waals surface area contributed by atoms with E-state index in [1.54, 1.807) is 0 Å². The summed E-state index contributed by atoms with van der Waals surface area (Å²) in [7, 11) is 2.15. The van der Waals surface area contributed by atoms with Crippen LogP contribution in [-0.4, -0.2) is 9.55 Å². The van der Waals surface area contributed by atoms with Crippen molar-refractivity contribution in [3.05, 3.63) is 125 Å². The molecule has 0 aliphatic carbocycles. The number of benzene rings is 5. The molecule has 218 valence electrons. The maximum Gasteiger partial charge on any atom is 0.297 e. The number of imidazole rings is 1. The number of aromatic nitrogens is 3. The lowest BCUT2D eigenvalue weighted by atomic mass is 9.87. The van der Waals surface area contributed by atoms with Crippen molar-refractivity contribution in [2.24, 2.45) is 7.05 Å². The Morgan fingerprint density at radius 2 is 1.34 bits per heavy atom. The highest BCUT2D eigenvalue weighted by Gasteiger charge is 2.30. The quantitative estimate of drug-likeness (QED) is 0.196. The number of fused-ring (bicyclic) bond motifs is 2. The summed E-state index contributed by atoms with van der Waals surface area (Å²) in [6.45, 7) is 13.2. The molecule has 0 aliphatic rings. The summed E-state index contributed by atoms with van der Waals surface area (Å²) in [5, 5.41) is 0. The van der Waals surface area contributed by atoms with Crippen LogP contribution in [-0.2, 0) is 12.5 Å². The Bertz CT molecular complexity index is 2150. The normalized spacial score (nSPS) is 12.0. The molecular formula is C40H38N3O+. The Balaban J connectivity index is 1.45. The zero-order chi connectivity index (χ0) is 30.7. The van der Waals surface area contributed by atoms with Crippen molar-refractivity contribution in [1.29, 1.82) is 0 Å². The molecule has 0 saturated carbocycles. The number of hydrogen-bond donors (Lipinski definition) is 0. The fourth-order valence-corrected chi connectivity index (χ4v) is 6.55. The zero-order valence-corrected chi connectivity index (χ0v) is 26.6. The Morgan fingerprint density at radius 1 is 0.682 bits per heavy atom. The summed E-state index contributed by atoms with van der Waals surface area (Å²) >= 11 is 0. The average molecular weight is 577 g/mol. The van der Waals surface area contributed by atoms with Crippen LogP contribution < -0.4 is 4.57 Å². The molecule has 0 atom stereocenters. The largest absolute Gasteiger partial charge is 0.436 e. The van der Waals surface area contributed by atoms with Gasteiger partial charge in [-0.05, 0) is 89.9 Å². The van der Waals surface area contributed by atoms with Gasteiger partial charge in [-0.2, -0.15) is 4.57 Å². The van der Waals surface area contributed by atoms with E-state index in [9.17, 15) is 0 Å². The van der Waals surface area contributed by atoms with Gasteiger partial charge in [0.2, 0.25) is 5.89 Å². The lowest BCUT2D eigenvalue weighted by Gasteiger charge is -2.18. The van der Waals surface area contributed by atoms with E-state index in [4.69, 9.17) is 9.40 Å². The lowest BCUT2D eigenvalue weighted by molar-refractivity contribution is -0.633. The molecule has 0 saturated heterocycles. The van der Waals surface area contributed by atoms with Gasteiger partial charge in [0.25, 0.3) is 5.82 Å². The van der Waals surface area contributed by atoms with E-state index in [0.717, 1.165) is 61.5 Å². The molecule has 0 unspecified atom stereocenters. The van der Waals surface area contributed by atoms with Crippen molar-refractivity contribution in [3.8, 4) is 39.7 Å². The summed E-state index contributed by atoms with van der Waals surface area (Å²) in [5.74, 6) is 1.73. The minimum Gasteiger partial charge on any atom is -0.436 e. The number of aryl methyl sites for hydroxylation is 4. The van der Waals surface area contributed by atoms with Gasteiger partial charge in [0.1, 0.15) is 11.2 Å². The van der Waals surface area contributed by atoms with E-state index < -0.39 is 0 Å². The van der Waals surface area contributed by atoms with Crippen LogP contribution in [0.1, 0.15) is 43.0 Å². The standard InChI is InChI=1S/C40H38N3O/c1-25-17-22-34-37(41-38(44-34)35-26(2)23-29(24-27(35)3)28-13-9-8-10-14-28)36(25)39-42(7)32-15-11-12-16-33(32)43(39)31-20-18-30(19-21-31)40(4,5)6/h8-24H,1-7H3/q+1. The highest BCUT2D eigenvalue weighted by Crippen LogP contribution is 2.39. The molecule has 7 aromatic rings. The molecule has 44 heavy (non-hydrogen) atoms. The maximum absolute atomic E-state index is 6.56. The molecule has 0 amide bonds. The number of oxazole rings is 1. The van der Waals surface area contributed by atoms with Gasteiger partial charge in [-0.3, -0.25) is 0 Å². The van der Waals surface area contributed by atoms with E-state index in [2.05, 4.69) is 161 Å². The van der Waals surface area contributed by atoms with Gasteiger partial charge in [0.15, 0.2) is 16.6 Å². The maximum atomic E-state index is 6.56. The first-order valence-corrected chi connectivity index (χ1v) is 15.3. The minimum atomic E-state index is 0.0830. The van der Waals surface area contributed by atoms with Crippen LogP contribution in [0.3, 0.4) is 0 Å². The van der Waals surface area contributed by atoms with Crippen LogP contribution in [0.25, 0.3) is 61.8 Å². The third-order valence-electron chi connectivity index (χ3n) is 8.85. The van der Waals surface area contributed by atoms with Gasteiger partial charge in [-0.1, -0.05) is 93.6 Å².